The molecular weight excluding hydrogens is 577 g/mol. The smallest absolute Gasteiger partial charge is 0.418 e. The third-order valence-corrected chi connectivity index (χ3v) is 0. The van der Waals surface area contributed by atoms with Crippen LogP contribution in [0.2, 0.25) is 0 Å². The first kappa shape index (κ1) is 38.4. The molecule has 0 atom stereocenters. The van der Waals surface area contributed by atoms with E-state index >= 15 is 0 Å². The molecule has 0 aliphatic heterocycles. The quantitative estimate of drug-likeness (QED) is 0.296. The fourth-order valence-electron chi connectivity index (χ4n) is 0. The summed E-state index contributed by atoms with van der Waals surface area (Å²) in [4.78, 5) is 0. The van der Waals surface area contributed by atoms with E-state index in [9.17, 15) is 69.1 Å². The molecule has 0 saturated heterocycles. The van der Waals surface area contributed by atoms with E-state index in [4.69, 9.17) is 0 Å². The van der Waals surface area contributed by atoms with Crippen LogP contribution < -0.4 is 0 Å². The monoisotopic (exact) mass is 578 g/mol. The van der Waals surface area contributed by atoms with E-state index in [1.54, 1.807) is 0 Å². The van der Waals surface area contributed by atoms with E-state index in [0.717, 1.165) is 0 Å². The Morgan fingerprint density at radius 2 is 0.227 bits per heavy atom. The van der Waals surface area contributed by atoms with Crippen molar-refractivity contribution >= 4 is 80.7 Å². The van der Waals surface area contributed by atoms with Crippen molar-refractivity contribution in [1.29, 1.82) is 0 Å². The van der Waals surface area contributed by atoms with Gasteiger partial charge in [0.2, 0.25) is 0 Å². The Balaban J connectivity index is -0.0000000376. The summed E-state index contributed by atoms with van der Waals surface area (Å²) in [5.41, 5.74) is 0. The molecule has 0 fully saturated rings. The molecule has 22 heavy (non-hydrogen) atoms. The van der Waals surface area contributed by atoms with E-state index in [1.807, 2.05) is 0 Å². The van der Waals surface area contributed by atoms with E-state index in [2.05, 4.69) is 0 Å². The van der Waals surface area contributed by atoms with Gasteiger partial charge in [0.05, 0.1) is 0 Å². The van der Waals surface area contributed by atoms with Crippen LogP contribution in [-0.2, 0) is 0 Å². The first-order valence-corrected chi connectivity index (χ1v) is 3.49. The molecule has 0 aliphatic rings. The summed E-state index contributed by atoms with van der Waals surface area (Å²) in [6.45, 7) is 0. The Bertz CT molecular complexity index is 134. The fourth-order valence-corrected chi connectivity index (χ4v) is 0. The normalized spacial score (nSPS) is 10.9. The largest absolute Gasteiger partial charge is 3.00 e. The van der Waals surface area contributed by atoms with Gasteiger partial charge in [-0.1, -0.05) is 0 Å². The van der Waals surface area contributed by atoms with Crippen LogP contribution in [0.4, 0.5) is 69.1 Å². The molecule has 0 aromatic rings. The minimum atomic E-state index is -6.00. The molecule has 0 saturated carbocycles. The van der Waals surface area contributed by atoms with Crippen LogP contribution in [0.5, 0.6) is 0 Å². The van der Waals surface area contributed by atoms with E-state index in [1.165, 1.54) is 0 Å². The predicted molar refractivity (Wildman–Crippen MR) is 52.3 cm³/mol. The number of hydrogen-bond acceptors (Lipinski definition) is 0. The van der Waals surface area contributed by atoms with Gasteiger partial charge in [0, 0.05) is 0 Å². The standard InChI is InChI=1S/4BF4.2In/c4*2-1(3,4)5;;/q4*-1;2*+3. The van der Waals surface area contributed by atoms with Crippen LogP contribution in [-0.4, -0.2) is 80.7 Å². The molecule has 0 nitrogen and oxygen atoms in total. The summed E-state index contributed by atoms with van der Waals surface area (Å²) < 4.78 is 156. The molecule has 0 rings (SSSR count). The molecule has 22 heteroatoms. The summed E-state index contributed by atoms with van der Waals surface area (Å²) in [6.07, 6.45) is 0. The van der Waals surface area contributed by atoms with Gasteiger partial charge in [0.25, 0.3) is 0 Å². The van der Waals surface area contributed by atoms with Gasteiger partial charge in [-0.2, -0.15) is 0 Å². The third kappa shape index (κ3) is 10700. The average molecular weight is 577 g/mol. The van der Waals surface area contributed by atoms with Gasteiger partial charge in [-0.25, -0.2) is 0 Å². The maximum atomic E-state index is 9.75. The van der Waals surface area contributed by atoms with E-state index in [-0.39, 0.29) is 51.7 Å². The van der Waals surface area contributed by atoms with Gasteiger partial charge in [0.1, 0.15) is 0 Å². The van der Waals surface area contributed by atoms with Crippen LogP contribution in [0.3, 0.4) is 0 Å². The zero-order chi connectivity index (χ0) is 18.0. The summed E-state index contributed by atoms with van der Waals surface area (Å²) in [5.74, 6) is 0. The molecule has 0 unspecified atom stereocenters. The van der Waals surface area contributed by atoms with Crippen molar-refractivity contribution in [3.63, 3.8) is 0 Å². The second-order valence-corrected chi connectivity index (χ2v) is 1.98. The average Bonchev–Trinajstić information content (AvgIpc) is 1.62. The molecule has 0 N–H and O–H groups in total. The van der Waals surface area contributed by atoms with Crippen LogP contribution in [0.25, 0.3) is 0 Å². The predicted octanol–water partition coefficient (Wildman–Crippen LogP) is 4.44. The minimum absolute atomic E-state index is 0. The first-order valence-electron chi connectivity index (χ1n) is 3.49. The molecule has 128 valence electrons. The molecule has 0 bridgehead atoms. The number of rotatable bonds is 0. The summed E-state index contributed by atoms with van der Waals surface area (Å²) in [5, 5.41) is 0. The molecule has 0 aromatic carbocycles. The van der Waals surface area contributed by atoms with Gasteiger partial charge >= 0.3 is 80.7 Å². The van der Waals surface area contributed by atoms with Crippen LogP contribution >= 0.6 is 0 Å². The van der Waals surface area contributed by atoms with Gasteiger partial charge in [-0.3, -0.25) is 0 Å². The maximum Gasteiger partial charge on any atom is 3.00 e. The van der Waals surface area contributed by atoms with E-state index < -0.39 is 29.0 Å². The van der Waals surface area contributed by atoms with Crippen molar-refractivity contribution in [2.45, 2.75) is 0 Å². The topological polar surface area (TPSA) is 0 Å². The molecule has 0 aliphatic carbocycles. The Morgan fingerprint density at radius 3 is 0.227 bits per heavy atom. The Morgan fingerprint density at radius 1 is 0.227 bits per heavy atom. The molecular formula is B4F16In2+2. The van der Waals surface area contributed by atoms with Crippen molar-refractivity contribution in [2.75, 3.05) is 0 Å². The molecule has 0 radical (unpaired) electrons. The second kappa shape index (κ2) is 15.4. The maximum absolute atomic E-state index is 9.75. The van der Waals surface area contributed by atoms with Crippen LogP contribution in [0.15, 0.2) is 0 Å². The van der Waals surface area contributed by atoms with Gasteiger partial charge in [-0.15, -0.1) is 0 Å². The molecule has 0 amide bonds. The van der Waals surface area contributed by atoms with Crippen molar-refractivity contribution in [3.05, 3.63) is 0 Å². The number of halogens is 16. The summed E-state index contributed by atoms with van der Waals surface area (Å²) in [6, 6.07) is 0. The molecule has 0 spiro atoms. The Kier molecular flexibility index (Phi) is 26.9. The van der Waals surface area contributed by atoms with Crippen LogP contribution in [0, 0.1) is 0 Å². The third-order valence-electron chi connectivity index (χ3n) is 0. The minimum Gasteiger partial charge on any atom is -0.418 e. The Hall–Kier alpha value is 0.880. The zero-order valence-corrected chi connectivity index (χ0v) is 16.1. The van der Waals surface area contributed by atoms with Crippen LogP contribution in [0.1, 0.15) is 0 Å². The molecule has 0 heterocycles. The first-order chi connectivity index (χ1) is 8.00. The fraction of sp³-hybridized carbons (Fsp3) is 0. The summed E-state index contributed by atoms with van der Waals surface area (Å²) >= 11 is 0. The van der Waals surface area contributed by atoms with Gasteiger partial charge < -0.3 is 69.1 Å². The second-order valence-electron chi connectivity index (χ2n) is 1.98. The zero-order valence-electron chi connectivity index (χ0n) is 9.51. The van der Waals surface area contributed by atoms with Crippen molar-refractivity contribution in [2.24, 2.45) is 0 Å². The van der Waals surface area contributed by atoms with E-state index in [0.29, 0.717) is 0 Å². The summed E-state index contributed by atoms with van der Waals surface area (Å²) in [7, 11) is -24.0. The molecule has 0 aromatic heterocycles. The Labute approximate surface area is 149 Å². The van der Waals surface area contributed by atoms with Crippen molar-refractivity contribution in [3.8, 4) is 0 Å². The van der Waals surface area contributed by atoms with Crippen molar-refractivity contribution in [1.82, 2.24) is 0 Å². The van der Waals surface area contributed by atoms with Gasteiger partial charge in [0.15, 0.2) is 0 Å². The van der Waals surface area contributed by atoms with Crippen molar-refractivity contribution < 1.29 is 69.1 Å². The SMILES string of the molecule is F[B-](F)(F)F.F[B-](F)(F)F.F[B-](F)(F)F.F[B-](F)(F)F.[In+3].[In+3]. The van der Waals surface area contributed by atoms with Gasteiger partial charge in [-0.05, 0) is 0 Å². The number of hydrogen-bond donors (Lipinski definition) is 0.